The van der Waals surface area contributed by atoms with E-state index in [4.69, 9.17) is 10.5 Å². The maximum atomic E-state index is 13.5. The van der Waals surface area contributed by atoms with Gasteiger partial charge in [0.1, 0.15) is 18.0 Å². The molecule has 0 bridgehead atoms. The first-order valence-corrected chi connectivity index (χ1v) is 12.7. The van der Waals surface area contributed by atoms with E-state index in [0.717, 1.165) is 47.1 Å². The summed E-state index contributed by atoms with van der Waals surface area (Å²) in [4.78, 5) is 54.0. The molecule has 4 rings (SSSR count). The number of nitrogens with one attached hydrogen (secondary N) is 1. The summed E-state index contributed by atoms with van der Waals surface area (Å²) < 4.78 is 45.5. The van der Waals surface area contributed by atoms with E-state index in [2.05, 4.69) is 10.3 Å². The van der Waals surface area contributed by atoms with Crippen LogP contribution in [0.2, 0.25) is 0 Å². The third kappa shape index (κ3) is 6.49. The van der Waals surface area contributed by atoms with Gasteiger partial charge in [-0.05, 0) is 17.7 Å². The molecule has 1 aromatic carbocycles. The number of nitrogen functional groups attached to an aromatic ring is 1. The van der Waals surface area contributed by atoms with Crippen LogP contribution in [0.25, 0.3) is 11.6 Å². The van der Waals surface area contributed by atoms with Gasteiger partial charge in [0.2, 0.25) is 0 Å². The molecule has 0 radical (unpaired) electrons. The van der Waals surface area contributed by atoms with Gasteiger partial charge in [-0.15, -0.1) is 23.1 Å². The molecule has 2 aromatic rings. The molecule has 2 aliphatic rings. The number of nitrogens with two attached hydrogens (primary N) is 1. The molecule has 0 saturated carbocycles. The molecule has 3 heterocycles. The molecule has 3 N–H and O–H groups in total. The van der Waals surface area contributed by atoms with Crippen LogP contribution in [0, 0.1) is 0 Å². The van der Waals surface area contributed by atoms with Crippen LogP contribution in [0.1, 0.15) is 23.7 Å². The zero-order valence-electron chi connectivity index (χ0n) is 20.4. The van der Waals surface area contributed by atoms with Crippen molar-refractivity contribution < 1.29 is 71.8 Å². The Balaban J connectivity index is 0.00000420. The molecule has 10 nitrogen and oxygen atoms in total. The van der Waals surface area contributed by atoms with Gasteiger partial charge in [-0.2, -0.15) is 13.2 Å². The van der Waals surface area contributed by atoms with E-state index in [0.29, 0.717) is 0 Å². The minimum atomic E-state index is -4.70. The SMILES string of the molecule is CC(=O)OCC1=C(C(=O)[O-])N2C(=O)C(NC(=O)/C(=C/c3ccccc3C(F)(F)F)c3csc(N)n3)[C@@H]2SC1.[Na+]. The number of carboxylic acids is 1. The zero-order chi connectivity index (χ0) is 27.8. The molecular weight excluding hydrogens is 572 g/mol. The molecule has 2 atom stereocenters. The second-order valence-corrected chi connectivity index (χ2v) is 10.1. The fraction of sp³-hybridized carbons (Fsp3) is 0.261. The Labute approximate surface area is 249 Å². The van der Waals surface area contributed by atoms with Crippen LogP contribution >= 0.6 is 23.1 Å². The summed E-state index contributed by atoms with van der Waals surface area (Å²) in [6.07, 6.45) is -3.69. The quantitative estimate of drug-likeness (QED) is 0.166. The fourth-order valence-corrected chi connectivity index (χ4v) is 5.78. The second-order valence-electron chi connectivity index (χ2n) is 8.09. The number of thiazole rings is 1. The van der Waals surface area contributed by atoms with E-state index in [1.54, 1.807) is 0 Å². The Morgan fingerprint density at radius 3 is 2.59 bits per heavy atom. The van der Waals surface area contributed by atoms with Gasteiger partial charge in [-0.3, -0.25) is 19.3 Å². The Hall–Kier alpha value is -2.85. The third-order valence-electron chi connectivity index (χ3n) is 5.59. The minimum Gasteiger partial charge on any atom is -0.543 e. The van der Waals surface area contributed by atoms with Crippen LogP contribution in [0.3, 0.4) is 0 Å². The van der Waals surface area contributed by atoms with Crippen LogP contribution in [0.4, 0.5) is 18.3 Å². The van der Waals surface area contributed by atoms with Gasteiger partial charge >= 0.3 is 41.7 Å². The number of aliphatic carboxylic acids is 1. The topological polar surface area (TPSA) is 155 Å². The molecule has 2 aliphatic heterocycles. The number of ether oxygens (including phenoxy) is 1. The molecule has 39 heavy (non-hydrogen) atoms. The van der Waals surface area contributed by atoms with Gasteiger partial charge in [-0.25, -0.2) is 4.98 Å². The van der Waals surface area contributed by atoms with E-state index >= 15 is 0 Å². The average molecular weight is 591 g/mol. The number of hydrogen-bond donors (Lipinski definition) is 2. The van der Waals surface area contributed by atoms with Crippen LogP contribution < -0.4 is 45.7 Å². The van der Waals surface area contributed by atoms with E-state index in [9.17, 15) is 37.5 Å². The van der Waals surface area contributed by atoms with Gasteiger partial charge < -0.3 is 25.7 Å². The molecule has 1 aromatic heterocycles. The molecule has 0 aliphatic carbocycles. The number of β-lactam (4-membered cyclic amide) rings is 1. The van der Waals surface area contributed by atoms with Gasteiger partial charge in [0.25, 0.3) is 11.8 Å². The number of carboxylic acid groups (broad SMARTS) is 1. The third-order valence-corrected chi connectivity index (χ3v) is 7.60. The van der Waals surface area contributed by atoms with Crippen molar-refractivity contribution in [3.05, 3.63) is 57.7 Å². The summed E-state index contributed by atoms with van der Waals surface area (Å²) in [5, 5.41) is 14.9. The molecule has 1 unspecified atom stereocenters. The summed E-state index contributed by atoms with van der Waals surface area (Å²) in [7, 11) is 0. The number of halogens is 3. The number of thioether (sulfide) groups is 1. The minimum absolute atomic E-state index is 0. The maximum Gasteiger partial charge on any atom is 1.00 e. The summed E-state index contributed by atoms with van der Waals surface area (Å²) in [5.74, 6) is -3.91. The van der Waals surface area contributed by atoms with Crippen molar-refractivity contribution >= 4 is 63.6 Å². The Bertz CT molecular complexity index is 1390. The molecule has 200 valence electrons. The predicted molar refractivity (Wildman–Crippen MR) is 130 cm³/mol. The number of benzene rings is 1. The van der Waals surface area contributed by atoms with E-state index < -0.39 is 52.6 Å². The Kier molecular flexibility index (Phi) is 9.54. The number of anilines is 1. The zero-order valence-corrected chi connectivity index (χ0v) is 24.0. The van der Waals surface area contributed by atoms with Crippen LogP contribution in [0.15, 0.2) is 40.9 Å². The van der Waals surface area contributed by atoms with Crippen molar-refractivity contribution in [2.45, 2.75) is 24.5 Å². The Morgan fingerprint density at radius 1 is 1.31 bits per heavy atom. The molecule has 2 amide bonds. The van der Waals surface area contributed by atoms with Crippen LogP contribution in [-0.2, 0) is 30.1 Å². The van der Waals surface area contributed by atoms with Crippen molar-refractivity contribution in [2.24, 2.45) is 0 Å². The Morgan fingerprint density at radius 2 is 2.00 bits per heavy atom. The first kappa shape index (κ1) is 30.7. The summed E-state index contributed by atoms with van der Waals surface area (Å²) in [5.41, 5.74) is 3.81. The van der Waals surface area contributed by atoms with Crippen molar-refractivity contribution in [3.8, 4) is 0 Å². The van der Waals surface area contributed by atoms with E-state index in [1.807, 2.05) is 0 Å². The van der Waals surface area contributed by atoms with E-state index in [1.165, 1.54) is 23.6 Å². The first-order valence-electron chi connectivity index (χ1n) is 10.8. The molecule has 1 saturated heterocycles. The molecule has 16 heteroatoms. The number of carbonyl (C=O) groups is 4. The molecule has 0 spiro atoms. The number of nitrogens with zero attached hydrogens (tertiary/aromatic N) is 2. The number of aromatic nitrogens is 1. The number of fused-ring (bicyclic) bond motifs is 1. The van der Waals surface area contributed by atoms with Crippen LogP contribution in [0.5, 0.6) is 0 Å². The number of amides is 2. The number of alkyl halides is 3. The van der Waals surface area contributed by atoms with Gasteiger partial charge in [-0.1, -0.05) is 18.2 Å². The largest absolute Gasteiger partial charge is 1.00 e. The number of rotatable bonds is 7. The normalized spacial score (nSPS) is 19.0. The standard InChI is InChI=1S/C23H19F3N4O6S2.Na/c1-10(31)36-7-12-8-37-20-16(19(33)30(20)17(12)21(34)35)29-18(32)13(15-9-38-22(27)28-15)6-11-4-2-3-5-14(11)23(24,25)26;/h2-6,9,16,20H,7-8H2,1H3,(H2,27,28)(H,29,32)(H,34,35);/q;+1/p-1/b13-6+;/t16?,20-;/m0./s1. The fourth-order valence-electron chi connectivity index (χ4n) is 3.89. The second kappa shape index (κ2) is 12.1. The molecular formula is C23H18F3N4NaO6S2. The molecule has 1 fully saturated rings. The number of esters is 1. The van der Waals surface area contributed by atoms with Crippen molar-refractivity contribution in [2.75, 3.05) is 18.1 Å². The van der Waals surface area contributed by atoms with Gasteiger partial charge in [0, 0.05) is 23.6 Å². The summed E-state index contributed by atoms with van der Waals surface area (Å²) in [6.45, 7) is 0.794. The smallest absolute Gasteiger partial charge is 0.543 e. The van der Waals surface area contributed by atoms with Gasteiger partial charge in [0.05, 0.1) is 28.5 Å². The van der Waals surface area contributed by atoms with Crippen molar-refractivity contribution in [1.82, 2.24) is 15.2 Å². The average Bonchev–Trinajstić information content (AvgIpc) is 3.28. The van der Waals surface area contributed by atoms with Gasteiger partial charge in [0.15, 0.2) is 5.13 Å². The van der Waals surface area contributed by atoms with Crippen LogP contribution in [-0.4, -0.2) is 57.4 Å². The summed E-state index contributed by atoms with van der Waals surface area (Å²) in [6, 6.07) is 3.44. The maximum absolute atomic E-state index is 13.5. The number of carbonyl (C=O) groups excluding carboxylic acids is 4. The first-order chi connectivity index (χ1) is 17.9. The van der Waals surface area contributed by atoms with E-state index in [-0.39, 0.29) is 69.5 Å². The van der Waals surface area contributed by atoms with Crippen molar-refractivity contribution in [3.63, 3.8) is 0 Å². The monoisotopic (exact) mass is 590 g/mol. The van der Waals surface area contributed by atoms with Crippen molar-refractivity contribution in [1.29, 1.82) is 0 Å². The summed E-state index contributed by atoms with van der Waals surface area (Å²) >= 11 is 2.09. The number of hydrogen-bond acceptors (Lipinski definition) is 10. The predicted octanol–water partition coefficient (Wildman–Crippen LogP) is -1.74.